The molecule has 0 unspecified atom stereocenters. The van der Waals surface area contributed by atoms with Gasteiger partial charge in [-0.05, 0) is 60.5 Å². The van der Waals surface area contributed by atoms with E-state index in [4.69, 9.17) is 16.3 Å². The van der Waals surface area contributed by atoms with E-state index in [1.54, 1.807) is 43.6 Å². The van der Waals surface area contributed by atoms with Crippen molar-refractivity contribution in [3.63, 3.8) is 0 Å². The van der Waals surface area contributed by atoms with Crippen LogP contribution < -0.4 is 15.4 Å². The van der Waals surface area contributed by atoms with Gasteiger partial charge in [0.05, 0.1) is 7.11 Å². The van der Waals surface area contributed by atoms with Gasteiger partial charge in [0.1, 0.15) is 11.4 Å². The number of carbonyl (C=O) groups excluding carboxylic acids is 1. The Morgan fingerprint density at radius 1 is 1.07 bits per heavy atom. The highest BCUT2D eigenvalue weighted by molar-refractivity contribution is 6.30. The highest BCUT2D eigenvalue weighted by atomic mass is 35.5. The van der Waals surface area contributed by atoms with Crippen molar-refractivity contribution in [3.8, 4) is 5.75 Å². The first-order chi connectivity index (χ1) is 13.1. The molecule has 3 aromatic rings. The number of nitrogens with zero attached hydrogens (tertiary/aromatic N) is 1. The number of ether oxygens (including phenoxy) is 1. The Morgan fingerprint density at radius 3 is 2.67 bits per heavy atom. The van der Waals surface area contributed by atoms with Gasteiger partial charge in [-0.3, -0.25) is 9.78 Å². The zero-order chi connectivity index (χ0) is 19.1. The first-order valence-electron chi connectivity index (χ1n) is 8.54. The van der Waals surface area contributed by atoms with Crippen LogP contribution in [-0.4, -0.2) is 24.5 Å². The molecule has 27 heavy (non-hydrogen) atoms. The fraction of sp³-hybridized carbons (Fsp3) is 0.143. The summed E-state index contributed by atoms with van der Waals surface area (Å²) in [5, 5.41) is 6.74. The number of hydrogen-bond donors (Lipinski definition) is 2. The minimum atomic E-state index is -0.270. The largest absolute Gasteiger partial charge is 0.497 e. The Morgan fingerprint density at radius 2 is 1.89 bits per heavy atom. The van der Waals surface area contributed by atoms with Crippen LogP contribution in [0.3, 0.4) is 0 Å². The number of benzene rings is 2. The number of methoxy groups -OCH3 is 1. The first-order valence-corrected chi connectivity index (χ1v) is 8.91. The lowest BCUT2D eigenvalue weighted by atomic mass is 10.1. The van der Waals surface area contributed by atoms with Crippen LogP contribution in [0, 0.1) is 0 Å². The summed E-state index contributed by atoms with van der Waals surface area (Å²) >= 11 is 5.86. The van der Waals surface area contributed by atoms with Crippen molar-refractivity contribution in [1.29, 1.82) is 0 Å². The average molecular weight is 382 g/mol. The third kappa shape index (κ3) is 5.46. The summed E-state index contributed by atoms with van der Waals surface area (Å²) in [4.78, 5) is 16.5. The minimum Gasteiger partial charge on any atom is -0.497 e. The van der Waals surface area contributed by atoms with Gasteiger partial charge in [-0.15, -0.1) is 0 Å². The monoisotopic (exact) mass is 381 g/mol. The topological polar surface area (TPSA) is 63.2 Å². The predicted octanol–water partition coefficient (Wildman–Crippen LogP) is 4.65. The van der Waals surface area contributed by atoms with Crippen molar-refractivity contribution in [2.75, 3.05) is 24.3 Å². The molecule has 1 amide bonds. The molecule has 0 atom stereocenters. The number of anilines is 2. The summed E-state index contributed by atoms with van der Waals surface area (Å²) < 4.78 is 5.24. The summed E-state index contributed by atoms with van der Waals surface area (Å²) in [5.74, 6) is 0.575. The number of amides is 1. The van der Waals surface area contributed by atoms with E-state index in [1.165, 1.54) is 5.56 Å². The van der Waals surface area contributed by atoms with Crippen LogP contribution in [0.25, 0.3) is 0 Å². The third-order valence-corrected chi connectivity index (χ3v) is 4.22. The van der Waals surface area contributed by atoms with E-state index in [1.807, 2.05) is 24.3 Å². The molecular weight excluding hydrogens is 362 g/mol. The molecular formula is C21H20ClN3O2. The smallest absolute Gasteiger partial charge is 0.274 e. The van der Waals surface area contributed by atoms with Gasteiger partial charge in [0.15, 0.2) is 0 Å². The van der Waals surface area contributed by atoms with E-state index < -0.39 is 0 Å². The second kappa shape index (κ2) is 9.05. The molecule has 0 bridgehead atoms. The number of carbonyl (C=O) groups is 1. The van der Waals surface area contributed by atoms with Gasteiger partial charge in [0.25, 0.3) is 5.91 Å². The third-order valence-electron chi connectivity index (χ3n) is 3.97. The SMILES string of the molecule is COc1cccc(CCNc2ccnc(C(=O)Nc3ccc(Cl)cc3)c2)c1. The van der Waals surface area contributed by atoms with Crippen molar-refractivity contribution in [3.05, 3.63) is 83.1 Å². The molecule has 5 nitrogen and oxygen atoms in total. The standard InChI is InChI=1S/C21H20ClN3O2/c1-27-19-4-2-3-15(13-19)9-11-23-18-10-12-24-20(14-18)21(26)25-17-7-5-16(22)6-8-17/h2-8,10,12-14H,9,11H2,1H3,(H,23,24)(H,25,26). The van der Waals surface area contributed by atoms with Gasteiger partial charge >= 0.3 is 0 Å². The van der Waals surface area contributed by atoms with Crippen LogP contribution in [0.4, 0.5) is 11.4 Å². The zero-order valence-corrected chi connectivity index (χ0v) is 15.7. The van der Waals surface area contributed by atoms with Crippen molar-refractivity contribution in [1.82, 2.24) is 4.98 Å². The molecule has 0 aliphatic rings. The summed E-state index contributed by atoms with van der Waals surface area (Å²) in [6.45, 7) is 0.732. The molecule has 0 saturated carbocycles. The van der Waals surface area contributed by atoms with Crippen LogP contribution in [0.1, 0.15) is 16.1 Å². The van der Waals surface area contributed by atoms with Gasteiger partial charge in [-0.25, -0.2) is 0 Å². The van der Waals surface area contributed by atoms with Crippen LogP contribution in [0.2, 0.25) is 5.02 Å². The number of hydrogen-bond acceptors (Lipinski definition) is 4. The lowest BCUT2D eigenvalue weighted by Crippen LogP contribution is -2.14. The summed E-state index contributed by atoms with van der Waals surface area (Å²) in [5.41, 5.74) is 3.03. The van der Waals surface area contributed by atoms with E-state index in [0.29, 0.717) is 16.4 Å². The van der Waals surface area contributed by atoms with E-state index in [2.05, 4.69) is 21.7 Å². The van der Waals surface area contributed by atoms with Gasteiger partial charge in [-0.1, -0.05) is 23.7 Å². The van der Waals surface area contributed by atoms with Crippen molar-refractivity contribution in [2.24, 2.45) is 0 Å². The molecule has 0 radical (unpaired) electrons. The van der Waals surface area contributed by atoms with E-state index in [0.717, 1.165) is 24.4 Å². The van der Waals surface area contributed by atoms with Crippen molar-refractivity contribution < 1.29 is 9.53 Å². The van der Waals surface area contributed by atoms with Crippen molar-refractivity contribution in [2.45, 2.75) is 6.42 Å². The van der Waals surface area contributed by atoms with Crippen LogP contribution in [0.5, 0.6) is 5.75 Å². The maximum Gasteiger partial charge on any atom is 0.274 e. The number of nitrogens with one attached hydrogen (secondary N) is 2. The van der Waals surface area contributed by atoms with Gasteiger partial charge in [-0.2, -0.15) is 0 Å². The Kier molecular flexibility index (Phi) is 6.28. The Bertz CT molecular complexity index is 913. The lowest BCUT2D eigenvalue weighted by Gasteiger charge is -2.09. The Labute approximate surface area is 163 Å². The van der Waals surface area contributed by atoms with Gasteiger partial charge in [0, 0.05) is 29.1 Å². The number of rotatable bonds is 7. The second-order valence-electron chi connectivity index (χ2n) is 5.92. The van der Waals surface area contributed by atoms with Crippen molar-refractivity contribution >= 4 is 28.9 Å². The molecule has 0 saturated heterocycles. The zero-order valence-electron chi connectivity index (χ0n) is 14.9. The van der Waals surface area contributed by atoms with Crippen LogP contribution >= 0.6 is 11.6 Å². The highest BCUT2D eigenvalue weighted by Crippen LogP contribution is 2.16. The van der Waals surface area contributed by atoms with E-state index >= 15 is 0 Å². The fourth-order valence-electron chi connectivity index (χ4n) is 2.57. The van der Waals surface area contributed by atoms with Crippen LogP contribution in [0.15, 0.2) is 66.9 Å². The van der Waals surface area contributed by atoms with E-state index in [9.17, 15) is 4.79 Å². The number of aromatic nitrogens is 1. The second-order valence-corrected chi connectivity index (χ2v) is 6.36. The van der Waals surface area contributed by atoms with Crippen LogP contribution in [-0.2, 0) is 6.42 Å². The van der Waals surface area contributed by atoms with E-state index in [-0.39, 0.29) is 5.91 Å². The van der Waals surface area contributed by atoms with Gasteiger partial charge in [0.2, 0.25) is 0 Å². The Balaban J connectivity index is 1.57. The lowest BCUT2D eigenvalue weighted by molar-refractivity contribution is 0.102. The Hall–Kier alpha value is -3.05. The maximum absolute atomic E-state index is 12.4. The fourth-order valence-corrected chi connectivity index (χ4v) is 2.70. The van der Waals surface area contributed by atoms with Gasteiger partial charge < -0.3 is 15.4 Å². The number of pyridine rings is 1. The molecule has 138 valence electrons. The normalized spacial score (nSPS) is 10.3. The predicted molar refractivity (Wildman–Crippen MR) is 109 cm³/mol. The summed E-state index contributed by atoms with van der Waals surface area (Å²) in [6, 6.07) is 18.5. The molecule has 2 aromatic carbocycles. The average Bonchev–Trinajstić information content (AvgIpc) is 2.70. The molecule has 0 aliphatic heterocycles. The summed E-state index contributed by atoms with van der Waals surface area (Å²) in [6.07, 6.45) is 2.45. The first kappa shape index (κ1) is 18.7. The quantitative estimate of drug-likeness (QED) is 0.625. The summed E-state index contributed by atoms with van der Waals surface area (Å²) in [7, 11) is 1.66. The molecule has 1 heterocycles. The number of halogens is 1. The molecule has 0 spiro atoms. The molecule has 6 heteroatoms. The molecule has 2 N–H and O–H groups in total. The highest BCUT2D eigenvalue weighted by Gasteiger charge is 2.08. The maximum atomic E-state index is 12.4. The molecule has 3 rings (SSSR count). The molecule has 0 fully saturated rings. The molecule has 1 aromatic heterocycles. The molecule has 0 aliphatic carbocycles. The minimum absolute atomic E-state index is 0.270.